The van der Waals surface area contributed by atoms with E-state index in [-0.39, 0.29) is 17.1 Å². The molecule has 1 aromatic heterocycles. The number of carbonyl (C=O) groups is 1. The molecule has 126 valence electrons. The van der Waals surface area contributed by atoms with Crippen molar-refractivity contribution in [1.82, 2.24) is 4.98 Å². The van der Waals surface area contributed by atoms with Crippen LogP contribution < -0.4 is 10.6 Å². The van der Waals surface area contributed by atoms with E-state index in [4.69, 9.17) is 11.6 Å². The summed E-state index contributed by atoms with van der Waals surface area (Å²) in [5.41, 5.74) is 2.43. The van der Waals surface area contributed by atoms with Crippen LogP contribution >= 0.6 is 11.6 Å². The third kappa shape index (κ3) is 3.92. The highest BCUT2D eigenvalue weighted by Crippen LogP contribution is 2.28. The van der Waals surface area contributed by atoms with Crippen LogP contribution in [0.1, 0.15) is 25.0 Å². The number of halogens is 2. The van der Waals surface area contributed by atoms with Crippen LogP contribution in [0, 0.1) is 5.82 Å². The highest BCUT2D eigenvalue weighted by atomic mass is 35.5. The molecule has 0 atom stereocenters. The summed E-state index contributed by atoms with van der Waals surface area (Å²) in [6, 6.07) is 8.40. The van der Waals surface area contributed by atoms with Crippen molar-refractivity contribution >= 4 is 33.9 Å². The predicted molar refractivity (Wildman–Crippen MR) is 96.6 cm³/mol. The van der Waals surface area contributed by atoms with Crippen molar-refractivity contribution in [1.29, 1.82) is 0 Å². The SMILES string of the molecule is CCc1ccc(N/C(C)=C(\C(=O)Cl)c2cccnc2NC)c(F)c1. The molecule has 4 nitrogen and oxygen atoms in total. The van der Waals surface area contributed by atoms with Gasteiger partial charge in [-0.2, -0.15) is 0 Å². The number of hydrogen-bond donors (Lipinski definition) is 2. The van der Waals surface area contributed by atoms with Crippen LogP contribution in [-0.2, 0) is 11.2 Å². The molecule has 0 bridgehead atoms. The molecule has 6 heteroatoms. The predicted octanol–water partition coefficient (Wildman–Crippen LogP) is 4.43. The van der Waals surface area contributed by atoms with Gasteiger partial charge in [0.1, 0.15) is 11.6 Å². The molecule has 0 spiro atoms. The number of nitrogens with one attached hydrogen (secondary N) is 2. The number of benzene rings is 1. The largest absolute Gasteiger partial charge is 0.373 e. The molecule has 1 heterocycles. The Bertz CT molecular complexity index is 790. The number of aromatic nitrogens is 1. The fraction of sp³-hybridized carbons (Fsp3) is 0.222. The molecule has 0 saturated carbocycles. The van der Waals surface area contributed by atoms with Gasteiger partial charge in [-0.25, -0.2) is 9.37 Å². The van der Waals surface area contributed by atoms with E-state index in [0.717, 1.165) is 12.0 Å². The van der Waals surface area contributed by atoms with E-state index in [1.807, 2.05) is 13.0 Å². The van der Waals surface area contributed by atoms with Gasteiger partial charge in [0.2, 0.25) is 0 Å². The Hall–Kier alpha value is -2.40. The smallest absolute Gasteiger partial charge is 0.254 e. The molecule has 2 aromatic rings. The monoisotopic (exact) mass is 347 g/mol. The van der Waals surface area contributed by atoms with Crippen LogP contribution in [0.15, 0.2) is 42.2 Å². The quantitative estimate of drug-likeness (QED) is 0.599. The zero-order valence-electron chi connectivity index (χ0n) is 13.8. The fourth-order valence-electron chi connectivity index (χ4n) is 2.41. The lowest BCUT2D eigenvalue weighted by atomic mass is 10.1. The minimum Gasteiger partial charge on any atom is -0.373 e. The maximum atomic E-state index is 14.2. The zero-order valence-corrected chi connectivity index (χ0v) is 14.5. The summed E-state index contributed by atoms with van der Waals surface area (Å²) in [7, 11) is 1.70. The molecular formula is C18H19ClFN3O. The van der Waals surface area contributed by atoms with Crippen molar-refractivity contribution in [3.05, 3.63) is 59.2 Å². The van der Waals surface area contributed by atoms with Gasteiger partial charge < -0.3 is 10.6 Å². The van der Waals surface area contributed by atoms with E-state index in [0.29, 0.717) is 17.1 Å². The average Bonchev–Trinajstić information content (AvgIpc) is 2.57. The van der Waals surface area contributed by atoms with E-state index >= 15 is 0 Å². The van der Waals surface area contributed by atoms with E-state index < -0.39 is 5.24 Å². The second-order valence-corrected chi connectivity index (χ2v) is 5.56. The first-order valence-corrected chi connectivity index (χ1v) is 7.95. The normalized spacial score (nSPS) is 11.7. The Kier molecular flexibility index (Phi) is 5.93. The van der Waals surface area contributed by atoms with Crippen LogP contribution in [0.4, 0.5) is 15.9 Å². The minimum atomic E-state index is -0.643. The average molecular weight is 348 g/mol. The maximum absolute atomic E-state index is 14.2. The van der Waals surface area contributed by atoms with Crippen molar-refractivity contribution in [2.75, 3.05) is 17.7 Å². The first-order valence-electron chi connectivity index (χ1n) is 7.57. The van der Waals surface area contributed by atoms with Gasteiger partial charge in [-0.15, -0.1) is 0 Å². The van der Waals surface area contributed by atoms with E-state index in [1.165, 1.54) is 6.07 Å². The molecule has 2 N–H and O–H groups in total. The van der Waals surface area contributed by atoms with E-state index in [2.05, 4.69) is 15.6 Å². The number of nitrogens with zero attached hydrogens (tertiary/aromatic N) is 1. The minimum absolute atomic E-state index is 0.244. The summed E-state index contributed by atoms with van der Waals surface area (Å²) in [6.45, 7) is 3.63. The van der Waals surface area contributed by atoms with Crippen molar-refractivity contribution in [2.45, 2.75) is 20.3 Å². The molecular weight excluding hydrogens is 329 g/mol. The molecule has 0 aliphatic carbocycles. The summed E-state index contributed by atoms with van der Waals surface area (Å²) in [5.74, 6) is 0.138. The first kappa shape index (κ1) is 17.9. The zero-order chi connectivity index (χ0) is 17.7. The van der Waals surface area contributed by atoms with Crippen molar-refractivity contribution in [3.8, 4) is 0 Å². The maximum Gasteiger partial charge on any atom is 0.254 e. The van der Waals surface area contributed by atoms with Gasteiger partial charge in [-0.1, -0.05) is 13.0 Å². The molecule has 1 aromatic carbocycles. The third-order valence-electron chi connectivity index (χ3n) is 3.65. The number of rotatable bonds is 6. The summed E-state index contributed by atoms with van der Waals surface area (Å²) in [4.78, 5) is 16.1. The van der Waals surface area contributed by atoms with Crippen LogP contribution in [0.3, 0.4) is 0 Å². The molecule has 0 saturated heterocycles. The number of allylic oxidation sites excluding steroid dienone is 2. The molecule has 2 rings (SSSR count). The van der Waals surface area contributed by atoms with Crippen molar-refractivity contribution < 1.29 is 9.18 Å². The highest BCUT2D eigenvalue weighted by molar-refractivity contribution is 6.74. The molecule has 0 aliphatic heterocycles. The molecule has 0 unspecified atom stereocenters. The van der Waals surface area contributed by atoms with Crippen LogP contribution in [-0.4, -0.2) is 17.3 Å². The van der Waals surface area contributed by atoms with Crippen molar-refractivity contribution in [2.24, 2.45) is 0 Å². The van der Waals surface area contributed by atoms with Gasteiger partial charge in [0.25, 0.3) is 5.24 Å². The highest BCUT2D eigenvalue weighted by Gasteiger charge is 2.18. The molecule has 0 radical (unpaired) electrons. The van der Waals surface area contributed by atoms with Crippen LogP contribution in [0.2, 0.25) is 0 Å². The number of carbonyl (C=O) groups excluding carboxylic acids is 1. The number of pyridine rings is 1. The third-order valence-corrected chi connectivity index (χ3v) is 3.84. The Morgan fingerprint density at radius 2 is 2.08 bits per heavy atom. The second-order valence-electron chi connectivity index (χ2n) is 5.22. The van der Waals surface area contributed by atoms with Gasteiger partial charge in [0, 0.05) is 24.5 Å². The summed E-state index contributed by atoms with van der Waals surface area (Å²) in [6.07, 6.45) is 2.36. The summed E-state index contributed by atoms with van der Waals surface area (Å²) < 4.78 is 14.2. The number of anilines is 2. The Labute approximate surface area is 145 Å². The van der Waals surface area contributed by atoms with Crippen molar-refractivity contribution in [3.63, 3.8) is 0 Å². The molecule has 0 fully saturated rings. The Morgan fingerprint density at radius 3 is 2.67 bits per heavy atom. The van der Waals surface area contributed by atoms with Gasteiger partial charge in [0.05, 0.1) is 11.3 Å². The molecule has 0 amide bonds. The van der Waals surface area contributed by atoms with Crippen LogP contribution in [0.5, 0.6) is 0 Å². The van der Waals surface area contributed by atoms with Gasteiger partial charge in [-0.05, 0) is 54.8 Å². The molecule has 0 aliphatic rings. The van der Waals surface area contributed by atoms with Crippen LogP contribution in [0.25, 0.3) is 5.57 Å². The number of aryl methyl sites for hydroxylation is 1. The van der Waals surface area contributed by atoms with E-state index in [9.17, 15) is 9.18 Å². The van der Waals surface area contributed by atoms with Gasteiger partial charge in [0.15, 0.2) is 0 Å². The topological polar surface area (TPSA) is 54.0 Å². The Balaban J connectivity index is 2.47. The van der Waals surface area contributed by atoms with Gasteiger partial charge in [-0.3, -0.25) is 4.79 Å². The van der Waals surface area contributed by atoms with Gasteiger partial charge >= 0.3 is 0 Å². The summed E-state index contributed by atoms with van der Waals surface area (Å²) in [5, 5.41) is 5.21. The standard InChI is InChI=1S/C18H19ClFN3O/c1-4-12-7-8-15(14(20)10-12)23-11(2)16(17(19)24)13-6-5-9-22-18(13)21-3/h5-10,23H,4H2,1-3H3,(H,21,22)/b16-11-. The molecule has 24 heavy (non-hydrogen) atoms. The lowest BCUT2D eigenvalue weighted by Crippen LogP contribution is -2.08. The summed E-state index contributed by atoms with van der Waals surface area (Å²) >= 11 is 5.77. The lowest BCUT2D eigenvalue weighted by Gasteiger charge is -2.15. The fourth-order valence-corrected chi connectivity index (χ4v) is 2.65. The Morgan fingerprint density at radius 1 is 1.33 bits per heavy atom. The van der Waals surface area contributed by atoms with E-state index in [1.54, 1.807) is 38.4 Å². The second kappa shape index (κ2) is 7.93. The lowest BCUT2D eigenvalue weighted by molar-refractivity contribution is -0.106. The number of hydrogen-bond acceptors (Lipinski definition) is 4. The first-order chi connectivity index (χ1) is 11.5.